The number of hydrogen-bond donors (Lipinski definition) is 0. The van der Waals surface area contributed by atoms with Crippen molar-refractivity contribution >= 4 is 21.9 Å². The number of para-hydroxylation sites is 2. The van der Waals surface area contributed by atoms with E-state index >= 15 is 0 Å². The predicted octanol–water partition coefficient (Wildman–Crippen LogP) is 15.1. The van der Waals surface area contributed by atoms with E-state index in [9.17, 15) is 0 Å². The summed E-state index contributed by atoms with van der Waals surface area (Å²) < 4.78 is 6.58. The molecule has 0 bridgehead atoms. The number of benzene rings is 9. The van der Waals surface area contributed by atoms with Crippen molar-refractivity contribution in [1.82, 2.24) is 9.97 Å². The van der Waals surface area contributed by atoms with E-state index in [0.29, 0.717) is 5.82 Å². The van der Waals surface area contributed by atoms with Gasteiger partial charge in [-0.2, -0.15) is 0 Å². The maximum absolute atomic E-state index is 6.58. The second-order valence-corrected chi connectivity index (χ2v) is 16.4. The summed E-state index contributed by atoms with van der Waals surface area (Å²) in [5.41, 5.74) is 20.6. The van der Waals surface area contributed by atoms with E-state index in [2.05, 4.69) is 206 Å². The molecule has 1 spiro atoms. The lowest BCUT2D eigenvalue weighted by Gasteiger charge is -2.35. The molecule has 2 heterocycles. The molecule has 2 aromatic heterocycles. The molecule has 2 aliphatic rings. The molecule has 9 aromatic carbocycles. The highest BCUT2D eigenvalue weighted by Gasteiger charge is 2.49. The van der Waals surface area contributed by atoms with E-state index in [1.165, 1.54) is 61.2 Å². The molecule has 2 aliphatic carbocycles. The van der Waals surface area contributed by atoms with Crippen LogP contribution in [0.5, 0.6) is 0 Å². The fourth-order valence-electron chi connectivity index (χ4n) is 10.5. The van der Waals surface area contributed by atoms with Gasteiger partial charge in [-0.1, -0.05) is 194 Å². The standard InChI is InChI=1S/C59H36N2O/c1-2-15-37(16-3-1)38-29-31-39(32-30-38)54-36-55(61-58(60-54)48-24-14-23-47-46-22-9-13-28-56(46)62-57(47)48)40-33-34-53-49(35-40)42-18-5-4-17-41(42)43-19-6-10-25-50(43)59(53)51-26-11-7-20-44(51)45-21-8-12-27-52(45)59/h1-36H. The van der Waals surface area contributed by atoms with E-state index in [-0.39, 0.29) is 0 Å². The van der Waals surface area contributed by atoms with Crippen molar-refractivity contribution in [2.45, 2.75) is 5.41 Å². The van der Waals surface area contributed by atoms with E-state index in [1.54, 1.807) is 0 Å². The first-order valence-electron chi connectivity index (χ1n) is 21.2. The van der Waals surface area contributed by atoms with Crippen LogP contribution in [0.1, 0.15) is 22.3 Å². The normalized spacial score (nSPS) is 13.0. The van der Waals surface area contributed by atoms with Gasteiger partial charge in [-0.3, -0.25) is 0 Å². The molecule has 288 valence electrons. The Morgan fingerprint density at radius 1 is 0.306 bits per heavy atom. The molecule has 0 atom stereocenters. The Morgan fingerprint density at radius 2 is 0.774 bits per heavy atom. The van der Waals surface area contributed by atoms with E-state index in [4.69, 9.17) is 14.4 Å². The second-order valence-electron chi connectivity index (χ2n) is 16.4. The van der Waals surface area contributed by atoms with Crippen LogP contribution >= 0.6 is 0 Å². The number of rotatable bonds is 4. The lowest BCUT2D eigenvalue weighted by molar-refractivity contribution is 0.669. The van der Waals surface area contributed by atoms with Crippen LogP contribution in [0.2, 0.25) is 0 Å². The zero-order valence-electron chi connectivity index (χ0n) is 33.6. The summed E-state index contributed by atoms with van der Waals surface area (Å²) in [7, 11) is 0. The molecule has 13 rings (SSSR count). The predicted molar refractivity (Wildman–Crippen MR) is 253 cm³/mol. The quantitative estimate of drug-likeness (QED) is 0.178. The van der Waals surface area contributed by atoms with Crippen LogP contribution < -0.4 is 0 Å². The molecule has 0 aliphatic heterocycles. The zero-order valence-corrected chi connectivity index (χ0v) is 33.6. The molecule has 0 amide bonds. The van der Waals surface area contributed by atoms with Gasteiger partial charge in [0.25, 0.3) is 0 Å². The lowest BCUT2D eigenvalue weighted by Crippen LogP contribution is -2.29. The Labute approximate surface area is 359 Å². The minimum atomic E-state index is -0.546. The van der Waals surface area contributed by atoms with Crippen molar-refractivity contribution in [1.29, 1.82) is 0 Å². The minimum Gasteiger partial charge on any atom is -0.455 e. The van der Waals surface area contributed by atoms with Gasteiger partial charge < -0.3 is 4.42 Å². The number of fused-ring (bicyclic) bond motifs is 15. The maximum Gasteiger partial charge on any atom is 0.164 e. The van der Waals surface area contributed by atoms with Gasteiger partial charge in [0.2, 0.25) is 0 Å². The van der Waals surface area contributed by atoms with Gasteiger partial charge in [-0.15, -0.1) is 0 Å². The highest BCUT2D eigenvalue weighted by Crippen LogP contribution is 2.61. The van der Waals surface area contributed by atoms with Crippen molar-refractivity contribution in [3.8, 4) is 78.4 Å². The first-order chi connectivity index (χ1) is 30.7. The highest BCUT2D eigenvalue weighted by atomic mass is 16.3. The van der Waals surface area contributed by atoms with Crippen LogP contribution in [0.25, 0.3) is 100 Å². The second kappa shape index (κ2) is 13.4. The van der Waals surface area contributed by atoms with Crippen molar-refractivity contribution in [2.24, 2.45) is 0 Å². The third-order valence-corrected chi connectivity index (χ3v) is 13.2. The molecular formula is C59H36N2O. The van der Waals surface area contributed by atoms with Gasteiger partial charge >= 0.3 is 0 Å². The summed E-state index contributed by atoms with van der Waals surface area (Å²) in [6.45, 7) is 0. The largest absolute Gasteiger partial charge is 0.455 e. The third-order valence-electron chi connectivity index (χ3n) is 13.2. The van der Waals surface area contributed by atoms with Gasteiger partial charge in [0.1, 0.15) is 11.2 Å². The summed E-state index contributed by atoms with van der Waals surface area (Å²) in [5.74, 6) is 0.618. The molecule has 0 saturated carbocycles. The van der Waals surface area contributed by atoms with Crippen molar-refractivity contribution in [3.05, 3.63) is 241 Å². The summed E-state index contributed by atoms with van der Waals surface area (Å²) in [6.07, 6.45) is 0. The molecular weight excluding hydrogens is 753 g/mol. The first-order valence-corrected chi connectivity index (χ1v) is 21.2. The smallest absolute Gasteiger partial charge is 0.164 e. The molecule has 11 aromatic rings. The molecule has 0 N–H and O–H groups in total. The van der Waals surface area contributed by atoms with Gasteiger partial charge in [-0.05, 0) is 91.0 Å². The average Bonchev–Trinajstić information content (AvgIpc) is 3.85. The van der Waals surface area contributed by atoms with Crippen LogP contribution in [-0.4, -0.2) is 9.97 Å². The number of hydrogen-bond acceptors (Lipinski definition) is 3. The first kappa shape index (κ1) is 34.7. The Morgan fingerprint density at radius 3 is 1.47 bits per heavy atom. The summed E-state index contributed by atoms with van der Waals surface area (Å²) >= 11 is 0. The number of nitrogens with zero attached hydrogens (tertiary/aromatic N) is 2. The molecule has 3 heteroatoms. The monoisotopic (exact) mass is 788 g/mol. The van der Waals surface area contributed by atoms with Crippen LogP contribution in [0, 0.1) is 0 Å². The zero-order chi connectivity index (χ0) is 40.8. The van der Waals surface area contributed by atoms with Crippen molar-refractivity contribution < 1.29 is 4.42 Å². The summed E-state index contributed by atoms with van der Waals surface area (Å²) in [5, 5.41) is 2.12. The fraction of sp³-hybridized carbons (Fsp3) is 0.0169. The molecule has 3 nitrogen and oxygen atoms in total. The van der Waals surface area contributed by atoms with Gasteiger partial charge in [0, 0.05) is 21.9 Å². The Balaban J connectivity index is 1.07. The minimum absolute atomic E-state index is 0.546. The Bertz CT molecular complexity index is 3540. The van der Waals surface area contributed by atoms with Crippen LogP contribution in [-0.2, 0) is 5.41 Å². The number of aromatic nitrogens is 2. The summed E-state index contributed by atoms with van der Waals surface area (Å²) in [6, 6.07) is 78.8. The molecule has 0 fully saturated rings. The molecule has 0 saturated heterocycles. The molecule has 0 unspecified atom stereocenters. The van der Waals surface area contributed by atoms with Crippen LogP contribution in [0.15, 0.2) is 223 Å². The highest BCUT2D eigenvalue weighted by molar-refractivity contribution is 6.09. The van der Waals surface area contributed by atoms with Gasteiger partial charge in [0.15, 0.2) is 5.82 Å². The Hall–Kier alpha value is -8.14. The van der Waals surface area contributed by atoms with Crippen LogP contribution in [0.4, 0.5) is 0 Å². The number of furan rings is 1. The fourth-order valence-corrected chi connectivity index (χ4v) is 10.5. The van der Waals surface area contributed by atoms with Gasteiger partial charge in [0.05, 0.1) is 22.4 Å². The maximum atomic E-state index is 6.58. The van der Waals surface area contributed by atoms with E-state index in [0.717, 1.165) is 55.6 Å². The molecule has 62 heavy (non-hydrogen) atoms. The van der Waals surface area contributed by atoms with E-state index in [1.807, 2.05) is 12.1 Å². The third kappa shape index (κ3) is 5.00. The van der Waals surface area contributed by atoms with Crippen LogP contribution in [0.3, 0.4) is 0 Å². The van der Waals surface area contributed by atoms with E-state index < -0.39 is 5.41 Å². The topological polar surface area (TPSA) is 38.9 Å². The summed E-state index contributed by atoms with van der Waals surface area (Å²) in [4.78, 5) is 10.8. The average molecular weight is 789 g/mol. The van der Waals surface area contributed by atoms with Gasteiger partial charge in [-0.25, -0.2) is 9.97 Å². The Kier molecular flexibility index (Phi) is 7.52. The van der Waals surface area contributed by atoms with Crippen molar-refractivity contribution in [2.75, 3.05) is 0 Å². The lowest BCUT2D eigenvalue weighted by atomic mass is 9.66. The molecule has 0 radical (unpaired) electrons. The van der Waals surface area contributed by atoms with Crippen molar-refractivity contribution in [3.63, 3.8) is 0 Å². The SMILES string of the molecule is c1ccc(-c2ccc(-c3cc(-c4ccc5c(c4)-c4ccccc4-c4ccccc4C54c5ccccc5-c5ccccc54)nc(-c4cccc5c4oc4ccccc45)n3)cc2)cc1.